The van der Waals surface area contributed by atoms with Gasteiger partial charge in [0.05, 0.1) is 0 Å². The average Bonchev–Trinajstić information content (AvgIpc) is 2.37. The molecule has 1 aliphatic heterocycles. The minimum absolute atomic E-state index is 0. The number of hydrogen-bond acceptors (Lipinski definition) is 4. The Labute approximate surface area is 142 Å². The van der Waals surface area contributed by atoms with Crippen molar-refractivity contribution in [3.63, 3.8) is 0 Å². The normalized spacial score (nSPS) is 19.0. The molecular formula is C12H26ClF3N4O2S. The summed E-state index contributed by atoms with van der Waals surface area (Å²) >= 11 is 0. The van der Waals surface area contributed by atoms with Crippen LogP contribution in [0.25, 0.3) is 0 Å². The second-order valence-electron chi connectivity index (χ2n) is 5.87. The lowest BCUT2D eigenvalue weighted by molar-refractivity contribution is -0.182. The molecule has 1 atom stereocenters. The fraction of sp³-hybridized carbons (Fsp3) is 1.00. The van der Waals surface area contributed by atoms with Crippen molar-refractivity contribution in [2.75, 3.05) is 46.3 Å². The summed E-state index contributed by atoms with van der Waals surface area (Å²) in [6.45, 7) is 4.67. The monoisotopic (exact) mass is 382 g/mol. The summed E-state index contributed by atoms with van der Waals surface area (Å²) in [5, 5.41) is 2.98. The van der Waals surface area contributed by atoms with Gasteiger partial charge in [-0.2, -0.15) is 25.9 Å². The molecule has 1 aliphatic rings. The third-order valence-electron chi connectivity index (χ3n) is 3.46. The summed E-state index contributed by atoms with van der Waals surface area (Å²) in [5.41, 5.74) is 0. The highest BCUT2D eigenvalue weighted by molar-refractivity contribution is 7.87. The van der Waals surface area contributed by atoms with E-state index in [4.69, 9.17) is 0 Å². The van der Waals surface area contributed by atoms with Gasteiger partial charge in [-0.1, -0.05) is 13.8 Å². The third kappa shape index (κ3) is 7.53. The van der Waals surface area contributed by atoms with Crippen LogP contribution in [0.3, 0.4) is 0 Å². The number of piperazine rings is 1. The molecule has 0 aromatic rings. The first-order valence-corrected chi connectivity index (χ1v) is 8.70. The maximum atomic E-state index is 13.2. The smallest absolute Gasteiger partial charge is 0.314 e. The van der Waals surface area contributed by atoms with E-state index in [1.54, 1.807) is 0 Å². The standard InChI is InChI=1S/C12H25F3N4O2S.ClH/c1-10(2)9-18(3)22(20,21)17-8-11(12(13,14)15)19-6-4-16-5-7-19;/h10-11,16-17H,4-9H2,1-3H3;1H. The van der Waals surface area contributed by atoms with Gasteiger partial charge in [0.25, 0.3) is 10.2 Å². The van der Waals surface area contributed by atoms with Gasteiger partial charge >= 0.3 is 6.18 Å². The highest BCUT2D eigenvalue weighted by Gasteiger charge is 2.44. The number of nitrogens with one attached hydrogen (secondary N) is 2. The molecule has 0 aliphatic carbocycles. The van der Waals surface area contributed by atoms with Gasteiger partial charge in [0.15, 0.2) is 0 Å². The van der Waals surface area contributed by atoms with Crippen LogP contribution in [-0.2, 0) is 10.2 Å². The van der Waals surface area contributed by atoms with E-state index in [2.05, 4.69) is 10.0 Å². The summed E-state index contributed by atoms with van der Waals surface area (Å²) < 4.78 is 66.7. The van der Waals surface area contributed by atoms with E-state index in [1.807, 2.05) is 13.8 Å². The first kappa shape index (κ1) is 22.9. The van der Waals surface area contributed by atoms with Gasteiger partial charge in [0, 0.05) is 46.3 Å². The zero-order valence-corrected chi connectivity index (χ0v) is 15.2. The summed E-state index contributed by atoms with van der Waals surface area (Å²) in [7, 11) is -2.55. The molecule has 140 valence electrons. The third-order valence-corrected chi connectivity index (χ3v) is 4.96. The Hall–Kier alpha value is -0.130. The highest BCUT2D eigenvalue weighted by Crippen LogP contribution is 2.25. The maximum Gasteiger partial charge on any atom is 0.405 e. The molecule has 0 bridgehead atoms. The fourth-order valence-corrected chi connectivity index (χ4v) is 3.44. The summed E-state index contributed by atoms with van der Waals surface area (Å²) in [4.78, 5) is 1.27. The first-order chi connectivity index (χ1) is 10.0. The molecule has 0 saturated carbocycles. The molecule has 2 N–H and O–H groups in total. The molecule has 0 radical (unpaired) electrons. The van der Waals surface area contributed by atoms with Gasteiger partial charge in [-0.3, -0.25) is 4.90 Å². The Kier molecular flexibility index (Phi) is 9.33. The van der Waals surface area contributed by atoms with Crippen molar-refractivity contribution in [3.05, 3.63) is 0 Å². The molecule has 1 rings (SSSR count). The van der Waals surface area contributed by atoms with Crippen molar-refractivity contribution < 1.29 is 21.6 Å². The molecular weight excluding hydrogens is 357 g/mol. The highest BCUT2D eigenvalue weighted by atomic mass is 35.5. The van der Waals surface area contributed by atoms with E-state index < -0.39 is 29.0 Å². The Balaban J connectivity index is 0.00000484. The topological polar surface area (TPSA) is 64.7 Å². The fourth-order valence-electron chi connectivity index (χ4n) is 2.35. The minimum Gasteiger partial charge on any atom is -0.314 e. The van der Waals surface area contributed by atoms with Crippen molar-refractivity contribution in [1.82, 2.24) is 19.2 Å². The Morgan fingerprint density at radius 2 is 1.78 bits per heavy atom. The predicted molar refractivity (Wildman–Crippen MR) is 85.9 cm³/mol. The maximum absolute atomic E-state index is 13.2. The van der Waals surface area contributed by atoms with Gasteiger partial charge in [0.1, 0.15) is 6.04 Å². The van der Waals surface area contributed by atoms with Crippen LogP contribution in [0.4, 0.5) is 13.2 Å². The van der Waals surface area contributed by atoms with E-state index in [1.165, 1.54) is 11.9 Å². The molecule has 1 heterocycles. The summed E-state index contributed by atoms with van der Waals surface area (Å²) in [5.74, 6) is 0.0909. The van der Waals surface area contributed by atoms with E-state index >= 15 is 0 Å². The zero-order chi connectivity index (χ0) is 17.0. The Morgan fingerprint density at radius 3 is 2.22 bits per heavy atom. The summed E-state index contributed by atoms with van der Waals surface area (Å²) in [6.07, 6.45) is -4.48. The molecule has 0 aromatic carbocycles. The van der Waals surface area contributed by atoms with Crippen molar-refractivity contribution in [1.29, 1.82) is 0 Å². The largest absolute Gasteiger partial charge is 0.405 e. The van der Waals surface area contributed by atoms with Gasteiger partial charge in [-0.15, -0.1) is 12.4 Å². The number of hydrogen-bond donors (Lipinski definition) is 2. The van der Waals surface area contributed by atoms with Crippen LogP contribution in [0, 0.1) is 5.92 Å². The SMILES string of the molecule is CC(C)CN(C)S(=O)(=O)NCC(N1CCNCC1)C(F)(F)F.Cl. The lowest BCUT2D eigenvalue weighted by atomic mass is 10.2. The predicted octanol–water partition coefficient (Wildman–Crippen LogP) is 0.667. The van der Waals surface area contributed by atoms with Crippen molar-refractivity contribution in [2.24, 2.45) is 5.92 Å². The molecule has 0 aromatic heterocycles. The molecule has 6 nitrogen and oxygen atoms in total. The first-order valence-electron chi connectivity index (χ1n) is 7.26. The molecule has 1 fully saturated rings. The Morgan fingerprint density at radius 1 is 1.26 bits per heavy atom. The van der Waals surface area contributed by atoms with Crippen molar-refractivity contribution >= 4 is 22.6 Å². The number of rotatable bonds is 7. The number of alkyl halides is 3. The van der Waals surface area contributed by atoms with Crippen LogP contribution in [0.1, 0.15) is 13.8 Å². The average molecular weight is 383 g/mol. The van der Waals surface area contributed by atoms with E-state index in [9.17, 15) is 21.6 Å². The number of nitrogens with zero attached hydrogens (tertiary/aromatic N) is 2. The van der Waals surface area contributed by atoms with Crippen LogP contribution >= 0.6 is 12.4 Å². The van der Waals surface area contributed by atoms with Gasteiger partial charge in [-0.25, -0.2) is 4.72 Å². The van der Waals surface area contributed by atoms with Crippen LogP contribution < -0.4 is 10.0 Å². The molecule has 1 saturated heterocycles. The van der Waals surface area contributed by atoms with E-state index in [-0.39, 0.29) is 38.0 Å². The molecule has 11 heteroatoms. The van der Waals surface area contributed by atoms with E-state index in [0.29, 0.717) is 13.1 Å². The van der Waals surface area contributed by atoms with Gasteiger partial charge in [0.2, 0.25) is 0 Å². The minimum atomic E-state index is -4.48. The molecule has 1 unspecified atom stereocenters. The summed E-state index contributed by atoms with van der Waals surface area (Å²) in [6, 6.07) is -1.81. The van der Waals surface area contributed by atoms with Crippen molar-refractivity contribution in [3.8, 4) is 0 Å². The number of halogens is 4. The molecule has 0 spiro atoms. The second-order valence-corrected chi connectivity index (χ2v) is 7.73. The quantitative estimate of drug-likeness (QED) is 0.679. The van der Waals surface area contributed by atoms with Gasteiger partial charge < -0.3 is 5.32 Å². The molecule has 23 heavy (non-hydrogen) atoms. The van der Waals surface area contributed by atoms with Crippen LogP contribution in [0.5, 0.6) is 0 Å². The van der Waals surface area contributed by atoms with Crippen LogP contribution in [0.2, 0.25) is 0 Å². The lowest BCUT2D eigenvalue weighted by Crippen LogP contribution is -2.58. The lowest BCUT2D eigenvalue weighted by Gasteiger charge is -2.36. The van der Waals surface area contributed by atoms with Crippen LogP contribution in [0.15, 0.2) is 0 Å². The second kappa shape index (κ2) is 9.38. The zero-order valence-electron chi connectivity index (χ0n) is 13.6. The van der Waals surface area contributed by atoms with Crippen LogP contribution in [-0.4, -0.2) is 76.2 Å². The van der Waals surface area contributed by atoms with E-state index in [0.717, 1.165) is 4.31 Å². The van der Waals surface area contributed by atoms with Gasteiger partial charge in [-0.05, 0) is 5.92 Å². The molecule has 0 amide bonds. The van der Waals surface area contributed by atoms with Crippen molar-refractivity contribution in [2.45, 2.75) is 26.1 Å². The Bertz CT molecular complexity index is 442.